The van der Waals surface area contributed by atoms with Crippen LogP contribution in [0.5, 0.6) is 5.75 Å². The molecule has 1 heterocycles. The van der Waals surface area contributed by atoms with Crippen LogP contribution in [-0.2, 0) is 11.0 Å². The van der Waals surface area contributed by atoms with Crippen molar-refractivity contribution < 1.29 is 22.7 Å². The Morgan fingerprint density at radius 1 is 1.27 bits per heavy atom. The summed E-state index contributed by atoms with van der Waals surface area (Å²) in [6.07, 6.45) is -3.07. The zero-order valence-corrected chi connectivity index (χ0v) is 17.3. The summed E-state index contributed by atoms with van der Waals surface area (Å²) in [6, 6.07) is 9.96. The molecule has 158 valence electrons. The van der Waals surface area contributed by atoms with E-state index in [0.717, 1.165) is 30.0 Å². The molecule has 0 saturated carbocycles. The second-order valence-electron chi connectivity index (χ2n) is 6.10. The van der Waals surface area contributed by atoms with E-state index in [2.05, 4.69) is 15.5 Å². The van der Waals surface area contributed by atoms with Gasteiger partial charge in [0.25, 0.3) is 0 Å². The number of halogens is 4. The first-order valence-corrected chi connectivity index (χ1v) is 9.84. The predicted molar refractivity (Wildman–Crippen MR) is 108 cm³/mol. The van der Waals surface area contributed by atoms with E-state index in [0.29, 0.717) is 16.6 Å². The monoisotopic (exact) mass is 456 g/mol. The van der Waals surface area contributed by atoms with Gasteiger partial charge in [0, 0.05) is 0 Å². The molecule has 0 radical (unpaired) electrons. The number of ether oxygens (including phenoxy) is 1. The normalized spacial score (nSPS) is 12.5. The fraction of sp³-hybridized carbons (Fsp3) is 0.211. The average Bonchev–Trinajstić information content (AvgIpc) is 3.16. The van der Waals surface area contributed by atoms with Crippen molar-refractivity contribution in [3.8, 4) is 11.4 Å². The molecule has 0 spiro atoms. The Balaban J connectivity index is 1.78. The number of rotatable bonds is 6. The van der Waals surface area contributed by atoms with Crippen LogP contribution in [0.3, 0.4) is 0 Å². The van der Waals surface area contributed by atoms with Gasteiger partial charge >= 0.3 is 6.18 Å². The van der Waals surface area contributed by atoms with Crippen LogP contribution in [0.2, 0.25) is 5.02 Å². The molecular weight excluding hydrogens is 441 g/mol. The number of hydrogen-bond acceptors (Lipinski definition) is 5. The number of benzene rings is 2. The molecule has 1 atom stereocenters. The second-order valence-corrected chi connectivity index (χ2v) is 7.81. The molecule has 1 aromatic heterocycles. The van der Waals surface area contributed by atoms with Crippen LogP contribution >= 0.6 is 23.4 Å². The number of methoxy groups -OCH3 is 1. The summed E-state index contributed by atoms with van der Waals surface area (Å²) in [5.41, 5.74) is -0.338. The van der Waals surface area contributed by atoms with E-state index in [1.54, 1.807) is 23.6 Å². The van der Waals surface area contributed by atoms with Crippen LogP contribution in [0.25, 0.3) is 5.69 Å². The van der Waals surface area contributed by atoms with Crippen LogP contribution < -0.4 is 10.1 Å². The maximum Gasteiger partial charge on any atom is 0.416 e. The first-order valence-electron chi connectivity index (χ1n) is 8.58. The third-order valence-corrected chi connectivity index (χ3v) is 5.45. The Kier molecular flexibility index (Phi) is 6.57. The van der Waals surface area contributed by atoms with Crippen LogP contribution in [-0.4, -0.2) is 33.0 Å². The fourth-order valence-corrected chi connectivity index (χ4v) is 3.54. The third kappa shape index (κ3) is 4.88. The van der Waals surface area contributed by atoms with E-state index in [1.165, 1.54) is 13.4 Å². The van der Waals surface area contributed by atoms with Gasteiger partial charge in [-0.2, -0.15) is 13.2 Å². The van der Waals surface area contributed by atoms with Gasteiger partial charge in [0.15, 0.2) is 5.16 Å². The Morgan fingerprint density at radius 3 is 2.70 bits per heavy atom. The fourth-order valence-electron chi connectivity index (χ4n) is 2.54. The molecule has 0 aliphatic heterocycles. The highest BCUT2D eigenvalue weighted by Gasteiger charge is 2.31. The molecule has 1 N–H and O–H groups in total. The van der Waals surface area contributed by atoms with Gasteiger partial charge in [-0.1, -0.05) is 35.5 Å². The van der Waals surface area contributed by atoms with Gasteiger partial charge in [0.05, 0.1) is 34.3 Å². The third-order valence-electron chi connectivity index (χ3n) is 4.06. The molecule has 0 aliphatic carbocycles. The van der Waals surface area contributed by atoms with Gasteiger partial charge in [-0.15, -0.1) is 10.2 Å². The second kappa shape index (κ2) is 8.97. The van der Waals surface area contributed by atoms with Crippen molar-refractivity contribution in [2.75, 3.05) is 12.4 Å². The quantitative estimate of drug-likeness (QED) is 0.524. The highest BCUT2D eigenvalue weighted by atomic mass is 35.5. The van der Waals surface area contributed by atoms with Crippen molar-refractivity contribution in [1.29, 1.82) is 0 Å². The summed E-state index contributed by atoms with van der Waals surface area (Å²) < 4.78 is 45.8. The van der Waals surface area contributed by atoms with E-state index in [9.17, 15) is 18.0 Å². The molecule has 0 fully saturated rings. The lowest BCUT2D eigenvalue weighted by molar-refractivity contribution is -0.137. The van der Waals surface area contributed by atoms with Crippen LogP contribution in [0.1, 0.15) is 12.5 Å². The number of carbonyl (C=O) groups is 1. The predicted octanol–water partition coefficient (Wildman–Crippen LogP) is 5.07. The average molecular weight is 457 g/mol. The molecule has 1 unspecified atom stereocenters. The lowest BCUT2D eigenvalue weighted by atomic mass is 10.2. The Hall–Kier alpha value is -2.72. The summed E-state index contributed by atoms with van der Waals surface area (Å²) >= 11 is 7.04. The van der Waals surface area contributed by atoms with Gasteiger partial charge in [-0.05, 0) is 37.3 Å². The molecule has 2 aromatic carbocycles. The van der Waals surface area contributed by atoms with Crippen molar-refractivity contribution in [3.63, 3.8) is 0 Å². The number of thioether (sulfide) groups is 1. The van der Waals surface area contributed by atoms with Crippen LogP contribution in [0, 0.1) is 0 Å². The van der Waals surface area contributed by atoms with Crippen molar-refractivity contribution >= 4 is 35.0 Å². The largest absolute Gasteiger partial charge is 0.495 e. The van der Waals surface area contributed by atoms with E-state index in [-0.39, 0.29) is 10.7 Å². The zero-order chi connectivity index (χ0) is 21.9. The molecule has 0 bridgehead atoms. The molecule has 11 heteroatoms. The number of para-hydroxylation sites is 2. The molecule has 0 aliphatic rings. The number of hydrogen-bond donors (Lipinski definition) is 1. The number of aromatic nitrogens is 3. The first-order chi connectivity index (χ1) is 14.2. The minimum absolute atomic E-state index is 0.00531. The number of amides is 1. The van der Waals surface area contributed by atoms with Crippen LogP contribution in [0.4, 0.5) is 18.9 Å². The SMILES string of the molecule is COc1ccccc1-n1cnnc1SC(C)C(=O)Nc1cc(C(F)(F)F)ccc1Cl. The smallest absolute Gasteiger partial charge is 0.416 e. The minimum atomic E-state index is -4.55. The standard InChI is InChI=1S/C19H16ClF3N4O2S/c1-11(17(28)25-14-9-12(19(21,22)23)7-8-13(14)20)30-18-26-24-10-27(18)15-5-3-4-6-16(15)29-2/h3-11H,1-2H3,(H,25,28). The minimum Gasteiger partial charge on any atom is -0.495 e. The van der Waals surface area contributed by atoms with E-state index < -0.39 is 22.9 Å². The number of nitrogens with one attached hydrogen (secondary N) is 1. The Labute approximate surface area is 179 Å². The van der Waals surface area contributed by atoms with Crippen molar-refractivity contribution in [3.05, 3.63) is 59.4 Å². The van der Waals surface area contributed by atoms with Gasteiger partial charge in [0.2, 0.25) is 5.91 Å². The molecule has 0 saturated heterocycles. The first kappa shape index (κ1) is 22.0. The van der Waals surface area contributed by atoms with Gasteiger partial charge in [-0.3, -0.25) is 9.36 Å². The number of carbonyl (C=O) groups excluding carboxylic acids is 1. The van der Waals surface area contributed by atoms with Crippen LogP contribution in [0.15, 0.2) is 53.9 Å². The summed E-state index contributed by atoms with van der Waals surface area (Å²) in [6.45, 7) is 1.60. The highest BCUT2D eigenvalue weighted by Crippen LogP contribution is 2.34. The molecule has 6 nitrogen and oxygen atoms in total. The summed E-state index contributed by atoms with van der Waals surface area (Å²) in [7, 11) is 1.53. The maximum absolute atomic E-state index is 12.9. The Morgan fingerprint density at radius 2 is 2.00 bits per heavy atom. The molecule has 30 heavy (non-hydrogen) atoms. The van der Waals surface area contributed by atoms with E-state index in [1.807, 2.05) is 12.1 Å². The number of nitrogens with zero attached hydrogens (tertiary/aromatic N) is 3. The number of alkyl halides is 3. The zero-order valence-electron chi connectivity index (χ0n) is 15.8. The lowest BCUT2D eigenvalue weighted by Gasteiger charge is -2.15. The van der Waals surface area contributed by atoms with Crippen molar-refractivity contribution in [2.45, 2.75) is 23.5 Å². The summed E-state index contributed by atoms with van der Waals surface area (Å²) in [4.78, 5) is 12.6. The lowest BCUT2D eigenvalue weighted by Crippen LogP contribution is -2.23. The van der Waals surface area contributed by atoms with Gasteiger partial charge in [0.1, 0.15) is 12.1 Å². The maximum atomic E-state index is 12.9. The van der Waals surface area contributed by atoms with E-state index in [4.69, 9.17) is 16.3 Å². The van der Waals surface area contributed by atoms with Gasteiger partial charge < -0.3 is 10.1 Å². The molecular formula is C19H16ClF3N4O2S. The van der Waals surface area contributed by atoms with E-state index >= 15 is 0 Å². The highest BCUT2D eigenvalue weighted by molar-refractivity contribution is 8.00. The molecule has 3 aromatic rings. The number of anilines is 1. The van der Waals surface area contributed by atoms with Crippen molar-refractivity contribution in [2.24, 2.45) is 0 Å². The topological polar surface area (TPSA) is 69.0 Å². The summed E-state index contributed by atoms with van der Waals surface area (Å²) in [5, 5.41) is 10.1. The van der Waals surface area contributed by atoms with Gasteiger partial charge in [-0.25, -0.2) is 0 Å². The summed E-state index contributed by atoms with van der Waals surface area (Å²) in [5.74, 6) is 0.0582. The molecule has 1 amide bonds. The molecule has 3 rings (SSSR count). The Bertz CT molecular complexity index is 1060. The van der Waals surface area contributed by atoms with Crippen molar-refractivity contribution in [1.82, 2.24) is 14.8 Å².